The number of rotatable bonds is 1. The van der Waals surface area contributed by atoms with Crippen LogP contribution in [0.3, 0.4) is 0 Å². The quantitative estimate of drug-likeness (QED) is 0.511. The van der Waals surface area contributed by atoms with Gasteiger partial charge in [0.15, 0.2) is 0 Å². The van der Waals surface area contributed by atoms with Gasteiger partial charge in [0.2, 0.25) is 0 Å². The Hall–Kier alpha value is 0.470. The van der Waals surface area contributed by atoms with E-state index in [0.29, 0.717) is 5.92 Å². The van der Waals surface area contributed by atoms with Gasteiger partial charge in [-0.2, -0.15) is 0 Å². The van der Waals surface area contributed by atoms with Gasteiger partial charge < -0.3 is 5.11 Å². The van der Waals surface area contributed by atoms with Crippen molar-refractivity contribution in [2.75, 3.05) is 0 Å². The van der Waals surface area contributed by atoms with Gasteiger partial charge in [-0.05, 0) is 12.3 Å². The summed E-state index contributed by atoms with van der Waals surface area (Å²) in [6.45, 7) is 1.96. The minimum absolute atomic E-state index is 0. The summed E-state index contributed by atoms with van der Waals surface area (Å²) in [7, 11) is 0. The summed E-state index contributed by atoms with van der Waals surface area (Å²) >= 11 is 0. The van der Waals surface area contributed by atoms with Crippen LogP contribution < -0.4 is 0 Å². The zero-order valence-electron chi connectivity index (χ0n) is 5.22. The molecule has 2 unspecified atom stereocenters. The molecule has 0 aromatic rings. The predicted octanol–water partition coefficient (Wildman–Crippen LogP) is 0.346. The normalized spacial score (nSPS) is 33.1. The Morgan fingerprint density at radius 3 is 2.12 bits per heavy atom. The van der Waals surface area contributed by atoms with Crippen LogP contribution in [0.25, 0.3) is 0 Å². The van der Waals surface area contributed by atoms with Crippen molar-refractivity contribution >= 4 is 35.5 Å². The maximum Gasteiger partial charge on any atom is 0.306 e. The summed E-state index contributed by atoms with van der Waals surface area (Å²) < 4.78 is 0. The molecule has 2 nitrogen and oxygen atoms in total. The van der Waals surface area contributed by atoms with E-state index in [1.165, 1.54) is 0 Å². The van der Waals surface area contributed by atoms with E-state index in [-0.39, 0.29) is 35.5 Å². The van der Waals surface area contributed by atoms with Crippen molar-refractivity contribution in [3.05, 3.63) is 0 Å². The van der Waals surface area contributed by atoms with Crippen LogP contribution in [-0.4, -0.2) is 40.6 Å². The van der Waals surface area contributed by atoms with Gasteiger partial charge in [-0.3, -0.25) is 4.79 Å². The second-order valence-electron chi connectivity index (χ2n) is 2.16. The summed E-state index contributed by atoms with van der Waals surface area (Å²) in [4.78, 5) is 9.97. The summed E-state index contributed by atoms with van der Waals surface area (Å²) in [5.41, 5.74) is 0. The Morgan fingerprint density at radius 1 is 1.75 bits per heavy atom. The molecule has 1 radical (unpaired) electrons. The minimum Gasteiger partial charge on any atom is -0.481 e. The zero-order valence-corrected chi connectivity index (χ0v) is 7.22. The van der Waals surface area contributed by atoms with Crippen molar-refractivity contribution in [3.63, 3.8) is 0 Å². The summed E-state index contributed by atoms with van der Waals surface area (Å²) in [6, 6.07) is 0. The number of carbonyl (C=O) groups is 1. The van der Waals surface area contributed by atoms with Crippen LogP contribution >= 0.6 is 0 Å². The molecule has 1 rings (SSSR count). The first-order valence-electron chi connectivity index (χ1n) is 2.44. The Labute approximate surface area is 70.6 Å². The van der Waals surface area contributed by atoms with Crippen LogP contribution in [0.1, 0.15) is 13.3 Å². The molecular weight excluding hydrogens is 115 g/mol. The molecule has 0 spiro atoms. The molecule has 1 N–H and O–H groups in total. The molecule has 0 amide bonds. The first kappa shape index (κ1) is 8.47. The third-order valence-corrected chi connectivity index (χ3v) is 1.43. The number of carboxylic acid groups (broad SMARTS) is 1. The van der Waals surface area contributed by atoms with Gasteiger partial charge in [-0.1, -0.05) is 6.92 Å². The molecule has 0 aromatic carbocycles. The van der Waals surface area contributed by atoms with E-state index in [4.69, 9.17) is 5.11 Å². The SMILES string of the molecule is CC1CC1C(=O)O.[Na]. The Kier molecular flexibility index (Phi) is 3.02. The summed E-state index contributed by atoms with van der Waals surface area (Å²) in [6.07, 6.45) is 0.884. The van der Waals surface area contributed by atoms with Gasteiger partial charge in [-0.25, -0.2) is 0 Å². The molecule has 41 valence electrons. The third kappa shape index (κ3) is 1.77. The van der Waals surface area contributed by atoms with Crippen LogP contribution in [0.4, 0.5) is 0 Å². The maximum absolute atomic E-state index is 9.97. The molecule has 1 fully saturated rings. The third-order valence-electron chi connectivity index (χ3n) is 1.43. The molecular formula is C5H8NaO2. The first-order valence-corrected chi connectivity index (χ1v) is 2.44. The van der Waals surface area contributed by atoms with Crippen LogP contribution in [-0.2, 0) is 4.79 Å². The summed E-state index contributed by atoms with van der Waals surface area (Å²) in [5.74, 6) is -0.204. The van der Waals surface area contributed by atoms with Gasteiger partial charge in [0, 0.05) is 29.6 Å². The predicted molar refractivity (Wildman–Crippen MR) is 30.7 cm³/mol. The second-order valence-corrected chi connectivity index (χ2v) is 2.16. The van der Waals surface area contributed by atoms with Crippen LogP contribution in [0.5, 0.6) is 0 Å². The van der Waals surface area contributed by atoms with Gasteiger partial charge in [0.1, 0.15) is 0 Å². The molecule has 1 aliphatic carbocycles. The van der Waals surface area contributed by atoms with Crippen molar-refractivity contribution in [1.29, 1.82) is 0 Å². The summed E-state index contributed by atoms with van der Waals surface area (Å²) in [5, 5.41) is 8.22. The number of hydrogen-bond donors (Lipinski definition) is 1. The van der Waals surface area contributed by atoms with Gasteiger partial charge in [0.25, 0.3) is 0 Å². The molecule has 0 aliphatic heterocycles. The topological polar surface area (TPSA) is 37.3 Å². The van der Waals surface area contributed by atoms with Crippen LogP contribution in [0.2, 0.25) is 0 Å². The fourth-order valence-corrected chi connectivity index (χ4v) is 0.666. The van der Waals surface area contributed by atoms with Crippen molar-refractivity contribution in [1.82, 2.24) is 0 Å². The smallest absolute Gasteiger partial charge is 0.306 e. The second kappa shape index (κ2) is 2.85. The minimum atomic E-state index is -0.632. The number of hydrogen-bond acceptors (Lipinski definition) is 1. The van der Waals surface area contributed by atoms with E-state index < -0.39 is 5.97 Å². The first-order chi connectivity index (χ1) is 3.22. The largest absolute Gasteiger partial charge is 0.481 e. The van der Waals surface area contributed by atoms with Crippen LogP contribution in [0.15, 0.2) is 0 Å². The van der Waals surface area contributed by atoms with Gasteiger partial charge in [-0.15, -0.1) is 0 Å². The Morgan fingerprint density at radius 2 is 2.12 bits per heavy atom. The van der Waals surface area contributed by atoms with E-state index in [2.05, 4.69) is 0 Å². The van der Waals surface area contributed by atoms with E-state index >= 15 is 0 Å². The molecule has 0 saturated heterocycles. The molecule has 3 heteroatoms. The molecule has 0 heterocycles. The van der Waals surface area contributed by atoms with Crippen LogP contribution in [0, 0.1) is 11.8 Å². The van der Waals surface area contributed by atoms with E-state index in [1.807, 2.05) is 6.92 Å². The molecule has 0 bridgehead atoms. The number of aliphatic carboxylic acids is 1. The standard InChI is InChI=1S/C5H8O2.Na/c1-3-2-4(3)5(6)7;/h3-4H,2H2,1H3,(H,6,7);. The van der Waals surface area contributed by atoms with Gasteiger partial charge in [0.05, 0.1) is 5.92 Å². The molecule has 1 aliphatic rings. The van der Waals surface area contributed by atoms with Crippen molar-refractivity contribution in [2.24, 2.45) is 11.8 Å². The fourth-order valence-electron chi connectivity index (χ4n) is 0.666. The van der Waals surface area contributed by atoms with E-state index in [0.717, 1.165) is 6.42 Å². The molecule has 8 heavy (non-hydrogen) atoms. The molecule has 2 atom stereocenters. The average Bonchev–Trinajstić information content (AvgIpc) is 2.17. The molecule has 0 aromatic heterocycles. The zero-order chi connectivity index (χ0) is 5.44. The van der Waals surface area contributed by atoms with Crippen molar-refractivity contribution in [2.45, 2.75) is 13.3 Å². The number of carboxylic acids is 1. The van der Waals surface area contributed by atoms with E-state index in [1.54, 1.807) is 0 Å². The maximum atomic E-state index is 9.97. The Balaban J connectivity index is 0.000000490. The van der Waals surface area contributed by atoms with E-state index in [9.17, 15) is 4.79 Å². The fraction of sp³-hybridized carbons (Fsp3) is 0.800. The van der Waals surface area contributed by atoms with Crippen molar-refractivity contribution in [3.8, 4) is 0 Å². The van der Waals surface area contributed by atoms with Crippen molar-refractivity contribution < 1.29 is 9.90 Å². The molecule has 1 saturated carbocycles. The Bertz CT molecular complexity index is 103. The van der Waals surface area contributed by atoms with Gasteiger partial charge >= 0.3 is 5.97 Å². The average molecular weight is 123 g/mol. The monoisotopic (exact) mass is 123 g/mol.